The van der Waals surface area contributed by atoms with E-state index >= 15 is 0 Å². The van der Waals surface area contributed by atoms with Crippen LogP contribution in [-0.4, -0.2) is 68.7 Å². The van der Waals surface area contributed by atoms with Gasteiger partial charge >= 0.3 is 0 Å². The molecule has 0 aromatic heterocycles. The maximum absolute atomic E-state index is 12.9. The van der Waals surface area contributed by atoms with Crippen molar-refractivity contribution in [1.29, 1.82) is 0 Å². The number of carbonyl (C=O) groups is 1. The minimum absolute atomic E-state index is 0.155. The van der Waals surface area contributed by atoms with Crippen molar-refractivity contribution < 1.29 is 17.9 Å². The van der Waals surface area contributed by atoms with Gasteiger partial charge in [-0.1, -0.05) is 0 Å². The molecule has 3 fully saturated rings. The SMILES string of the molecule is CS(=O)(=O)N1CCC[C@H](C(=O)N(C[C@@H]2CCOC2)C2CC2)C1. The van der Waals surface area contributed by atoms with Crippen molar-refractivity contribution in [2.24, 2.45) is 11.8 Å². The molecule has 6 nitrogen and oxygen atoms in total. The summed E-state index contributed by atoms with van der Waals surface area (Å²) in [6.07, 6.45) is 6.00. The molecule has 1 amide bonds. The molecule has 2 atom stereocenters. The van der Waals surface area contributed by atoms with Gasteiger partial charge in [0.25, 0.3) is 0 Å². The van der Waals surface area contributed by atoms with Crippen LogP contribution >= 0.6 is 0 Å². The molecule has 126 valence electrons. The Kier molecular flexibility index (Phi) is 4.75. The monoisotopic (exact) mass is 330 g/mol. The first-order chi connectivity index (χ1) is 10.4. The number of hydrogen-bond acceptors (Lipinski definition) is 4. The summed E-state index contributed by atoms with van der Waals surface area (Å²) < 4.78 is 30.3. The van der Waals surface area contributed by atoms with Gasteiger partial charge in [-0.15, -0.1) is 0 Å². The molecule has 7 heteroatoms. The summed E-state index contributed by atoms with van der Waals surface area (Å²) in [6.45, 7) is 3.21. The van der Waals surface area contributed by atoms with Crippen LogP contribution in [-0.2, 0) is 19.6 Å². The van der Waals surface area contributed by atoms with E-state index < -0.39 is 10.0 Å². The molecule has 1 aliphatic carbocycles. The van der Waals surface area contributed by atoms with Crippen LogP contribution in [0.4, 0.5) is 0 Å². The second-order valence-corrected chi connectivity index (χ2v) is 8.89. The highest BCUT2D eigenvalue weighted by Gasteiger charge is 2.39. The molecule has 0 aromatic carbocycles. The third kappa shape index (κ3) is 3.81. The minimum Gasteiger partial charge on any atom is -0.381 e. The molecule has 0 N–H and O–H groups in total. The van der Waals surface area contributed by atoms with Gasteiger partial charge in [0.1, 0.15) is 0 Å². The first kappa shape index (κ1) is 16.2. The molecule has 0 spiro atoms. The Morgan fingerprint density at radius 1 is 1.27 bits per heavy atom. The molecule has 2 saturated heterocycles. The number of piperidine rings is 1. The average Bonchev–Trinajstić information content (AvgIpc) is 3.20. The van der Waals surface area contributed by atoms with Crippen LogP contribution in [0.3, 0.4) is 0 Å². The molecule has 0 radical (unpaired) electrons. The number of carbonyl (C=O) groups excluding carboxylic acids is 1. The largest absolute Gasteiger partial charge is 0.381 e. The van der Waals surface area contributed by atoms with Crippen molar-refractivity contribution >= 4 is 15.9 Å². The molecule has 2 aliphatic heterocycles. The van der Waals surface area contributed by atoms with Gasteiger partial charge in [0, 0.05) is 38.2 Å². The minimum atomic E-state index is -3.20. The fraction of sp³-hybridized carbons (Fsp3) is 0.933. The Labute approximate surface area is 132 Å². The molecule has 1 saturated carbocycles. The molecule has 3 rings (SSSR count). The lowest BCUT2D eigenvalue weighted by molar-refractivity contribution is -0.138. The molecule has 0 aromatic rings. The lowest BCUT2D eigenvalue weighted by Crippen LogP contribution is -2.48. The van der Waals surface area contributed by atoms with Gasteiger partial charge in [0.05, 0.1) is 18.8 Å². The van der Waals surface area contributed by atoms with E-state index in [0.717, 1.165) is 51.9 Å². The van der Waals surface area contributed by atoms with Crippen LogP contribution in [0, 0.1) is 11.8 Å². The number of sulfonamides is 1. The number of nitrogens with zero attached hydrogens (tertiary/aromatic N) is 2. The van der Waals surface area contributed by atoms with Crippen molar-refractivity contribution in [1.82, 2.24) is 9.21 Å². The van der Waals surface area contributed by atoms with Crippen LogP contribution in [0.1, 0.15) is 32.1 Å². The highest BCUT2D eigenvalue weighted by molar-refractivity contribution is 7.88. The van der Waals surface area contributed by atoms with Gasteiger partial charge in [-0.25, -0.2) is 12.7 Å². The predicted molar refractivity (Wildman–Crippen MR) is 82.8 cm³/mol. The summed E-state index contributed by atoms with van der Waals surface area (Å²) in [4.78, 5) is 14.9. The van der Waals surface area contributed by atoms with Crippen LogP contribution < -0.4 is 0 Å². The van der Waals surface area contributed by atoms with E-state index in [1.54, 1.807) is 0 Å². The Hall–Kier alpha value is -0.660. The fourth-order valence-electron chi connectivity index (χ4n) is 3.49. The lowest BCUT2D eigenvalue weighted by Gasteiger charge is -2.34. The van der Waals surface area contributed by atoms with E-state index in [1.165, 1.54) is 10.6 Å². The summed E-state index contributed by atoms with van der Waals surface area (Å²) in [7, 11) is -3.20. The maximum Gasteiger partial charge on any atom is 0.227 e. The summed E-state index contributed by atoms with van der Waals surface area (Å²) in [6, 6.07) is 0.377. The van der Waals surface area contributed by atoms with Crippen molar-refractivity contribution in [2.75, 3.05) is 39.1 Å². The van der Waals surface area contributed by atoms with E-state index in [4.69, 9.17) is 4.74 Å². The van der Waals surface area contributed by atoms with Crippen LogP contribution in [0.2, 0.25) is 0 Å². The molecule has 22 heavy (non-hydrogen) atoms. The Morgan fingerprint density at radius 2 is 2.05 bits per heavy atom. The predicted octanol–water partition coefficient (Wildman–Crippen LogP) is 0.686. The van der Waals surface area contributed by atoms with Gasteiger partial charge < -0.3 is 9.64 Å². The summed E-state index contributed by atoms with van der Waals surface area (Å²) in [5.41, 5.74) is 0. The van der Waals surface area contributed by atoms with E-state index in [0.29, 0.717) is 25.0 Å². The Bertz CT molecular complexity index is 512. The number of ether oxygens (including phenoxy) is 1. The van der Waals surface area contributed by atoms with E-state index in [-0.39, 0.29) is 11.8 Å². The smallest absolute Gasteiger partial charge is 0.227 e. The normalized spacial score (nSPS) is 30.4. The summed E-state index contributed by atoms with van der Waals surface area (Å²) in [5.74, 6) is 0.424. The number of hydrogen-bond donors (Lipinski definition) is 0. The molecule has 2 heterocycles. The van der Waals surface area contributed by atoms with Gasteiger partial charge in [0.2, 0.25) is 15.9 Å². The lowest BCUT2D eigenvalue weighted by atomic mass is 9.97. The molecule has 3 aliphatic rings. The van der Waals surface area contributed by atoms with Gasteiger partial charge in [-0.3, -0.25) is 4.79 Å². The zero-order valence-electron chi connectivity index (χ0n) is 13.2. The van der Waals surface area contributed by atoms with Crippen LogP contribution in [0.15, 0.2) is 0 Å². The van der Waals surface area contributed by atoms with E-state index in [9.17, 15) is 13.2 Å². The van der Waals surface area contributed by atoms with Crippen molar-refractivity contribution in [3.63, 3.8) is 0 Å². The second kappa shape index (κ2) is 6.45. The van der Waals surface area contributed by atoms with E-state index in [2.05, 4.69) is 0 Å². The van der Waals surface area contributed by atoms with Crippen molar-refractivity contribution in [3.8, 4) is 0 Å². The summed E-state index contributed by atoms with van der Waals surface area (Å²) >= 11 is 0. The fourth-order valence-corrected chi connectivity index (χ4v) is 4.40. The first-order valence-electron chi connectivity index (χ1n) is 8.28. The number of rotatable bonds is 5. The number of amides is 1. The average molecular weight is 330 g/mol. The third-order valence-electron chi connectivity index (χ3n) is 4.95. The molecular weight excluding hydrogens is 304 g/mol. The highest BCUT2D eigenvalue weighted by Crippen LogP contribution is 2.32. The quantitative estimate of drug-likeness (QED) is 0.744. The molecule has 0 unspecified atom stereocenters. The molecule has 0 bridgehead atoms. The van der Waals surface area contributed by atoms with E-state index in [1.807, 2.05) is 4.90 Å². The first-order valence-corrected chi connectivity index (χ1v) is 10.1. The zero-order valence-corrected chi connectivity index (χ0v) is 14.1. The molecular formula is C15H26N2O4S. The van der Waals surface area contributed by atoms with Crippen molar-refractivity contribution in [3.05, 3.63) is 0 Å². The highest BCUT2D eigenvalue weighted by atomic mass is 32.2. The second-order valence-electron chi connectivity index (χ2n) is 6.91. The third-order valence-corrected chi connectivity index (χ3v) is 6.22. The van der Waals surface area contributed by atoms with Gasteiger partial charge in [0.15, 0.2) is 0 Å². The topological polar surface area (TPSA) is 66.9 Å². The Balaban J connectivity index is 1.64. The zero-order chi connectivity index (χ0) is 15.7. The van der Waals surface area contributed by atoms with Crippen LogP contribution in [0.25, 0.3) is 0 Å². The Morgan fingerprint density at radius 3 is 2.64 bits per heavy atom. The van der Waals surface area contributed by atoms with Crippen LogP contribution in [0.5, 0.6) is 0 Å². The maximum atomic E-state index is 12.9. The van der Waals surface area contributed by atoms with Gasteiger partial charge in [-0.05, 0) is 32.1 Å². The van der Waals surface area contributed by atoms with Crippen molar-refractivity contribution in [2.45, 2.75) is 38.1 Å². The standard InChI is InChI=1S/C15H26N2O4S/c1-22(19,20)16-7-2-3-13(10-16)15(18)17(14-4-5-14)9-12-6-8-21-11-12/h12-14H,2-11H2,1H3/t12-,13-/m0/s1. The van der Waals surface area contributed by atoms with Gasteiger partial charge in [-0.2, -0.15) is 0 Å². The summed E-state index contributed by atoms with van der Waals surface area (Å²) in [5, 5.41) is 0.